The summed E-state index contributed by atoms with van der Waals surface area (Å²) in [5.74, 6) is 0.802. The Morgan fingerprint density at radius 3 is 2.82 bits per heavy atom. The molecule has 1 aliphatic heterocycles. The third kappa shape index (κ3) is 3.02. The summed E-state index contributed by atoms with van der Waals surface area (Å²) >= 11 is 3.62. The van der Waals surface area contributed by atoms with Gasteiger partial charge in [-0.2, -0.15) is 0 Å². The molecule has 1 aliphatic rings. The number of piperidine rings is 1. The van der Waals surface area contributed by atoms with E-state index in [1.165, 1.54) is 37.2 Å². The van der Waals surface area contributed by atoms with Crippen molar-refractivity contribution in [3.05, 3.63) is 28.2 Å². The van der Waals surface area contributed by atoms with Crippen LogP contribution in [0, 0.1) is 5.92 Å². The van der Waals surface area contributed by atoms with E-state index < -0.39 is 0 Å². The number of nitrogens with zero attached hydrogens (tertiary/aromatic N) is 1. The van der Waals surface area contributed by atoms with Crippen molar-refractivity contribution in [1.82, 2.24) is 0 Å². The molecule has 0 bridgehead atoms. The molecule has 2 nitrogen and oxygen atoms in total. The van der Waals surface area contributed by atoms with E-state index in [9.17, 15) is 0 Å². The molecular formula is C14H21BrN2. The van der Waals surface area contributed by atoms with E-state index in [1.54, 1.807) is 0 Å². The Morgan fingerprint density at radius 1 is 1.47 bits per heavy atom. The second-order valence-corrected chi connectivity index (χ2v) is 6.04. The zero-order valence-corrected chi connectivity index (χ0v) is 12.2. The lowest BCUT2D eigenvalue weighted by atomic mass is 9.99. The first-order chi connectivity index (χ1) is 8.08. The molecule has 2 N–H and O–H groups in total. The van der Waals surface area contributed by atoms with E-state index in [0.717, 1.165) is 10.4 Å². The Kier molecular flexibility index (Phi) is 4.10. The average molecular weight is 297 g/mol. The minimum Gasteiger partial charge on any atom is -0.371 e. The van der Waals surface area contributed by atoms with Gasteiger partial charge in [0, 0.05) is 29.3 Å². The van der Waals surface area contributed by atoms with Gasteiger partial charge in [0.25, 0.3) is 0 Å². The maximum absolute atomic E-state index is 5.92. The predicted octanol–water partition coefficient (Wildman–Crippen LogP) is 3.71. The number of hydrogen-bond donors (Lipinski definition) is 1. The van der Waals surface area contributed by atoms with E-state index in [0.29, 0.717) is 0 Å². The van der Waals surface area contributed by atoms with Gasteiger partial charge in [-0.1, -0.05) is 28.9 Å². The SMILES string of the molecule is CC1CCCN(c2ccc([C@@H](C)N)c(Br)c2)C1. The summed E-state index contributed by atoms with van der Waals surface area (Å²) in [4.78, 5) is 2.48. The number of anilines is 1. The minimum atomic E-state index is 0.0821. The van der Waals surface area contributed by atoms with Crippen LogP contribution < -0.4 is 10.6 Å². The maximum Gasteiger partial charge on any atom is 0.0377 e. The van der Waals surface area contributed by atoms with Crippen LogP contribution in [0.5, 0.6) is 0 Å². The Bertz CT molecular complexity index is 390. The quantitative estimate of drug-likeness (QED) is 0.901. The van der Waals surface area contributed by atoms with Crippen LogP contribution in [0.1, 0.15) is 38.3 Å². The summed E-state index contributed by atoms with van der Waals surface area (Å²) in [7, 11) is 0. The van der Waals surface area contributed by atoms with Crippen molar-refractivity contribution >= 4 is 21.6 Å². The van der Waals surface area contributed by atoms with Crippen LogP contribution in [0.4, 0.5) is 5.69 Å². The molecule has 1 aromatic carbocycles. The summed E-state index contributed by atoms with van der Waals surface area (Å²) in [5.41, 5.74) is 8.41. The van der Waals surface area contributed by atoms with Crippen molar-refractivity contribution in [3.8, 4) is 0 Å². The number of nitrogens with two attached hydrogens (primary N) is 1. The van der Waals surface area contributed by atoms with Crippen molar-refractivity contribution in [2.75, 3.05) is 18.0 Å². The summed E-state index contributed by atoms with van der Waals surface area (Å²) < 4.78 is 1.13. The van der Waals surface area contributed by atoms with Crippen LogP contribution in [-0.4, -0.2) is 13.1 Å². The highest BCUT2D eigenvalue weighted by Crippen LogP contribution is 2.29. The molecule has 1 fully saturated rings. The maximum atomic E-state index is 5.92. The molecule has 1 saturated heterocycles. The van der Waals surface area contributed by atoms with Gasteiger partial charge in [0.2, 0.25) is 0 Å². The van der Waals surface area contributed by atoms with E-state index in [1.807, 2.05) is 6.92 Å². The van der Waals surface area contributed by atoms with Gasteiger partial charge in [-0.3, -0.25) is 0 Å². The van der Waals surface area contributed by atoms with Gasteiger partial charge in [0.05, 0.1) is 0 Å². The first-order valence-electron chi connectivity index (χ1n) is 6.38. The van der Waals surface area contributed by atoms with E-state index in [-0.39, 0.29) is 6.04 Å². The fourth-order valence-electron chi connectivity index (χ4n) is 2.51. The summed E-state index contributed by atoms with van der Waals surface area (Å²) in [5, 5.41) is 0. The van der Waals surface area contributed by atoms with E-state index in [4.69, 9.17) is 5.73 Å². The molecule has 0 aromatic heterocycles. The highest BCUT2D eigenvalue weighted by atomic mass is 79.9. The summed E-state index contributed by atoms with van der Waals surface area (Å²) in [6.45, 7) is 6.69. The zero-order valence-electron chi connectivity index (χ0n) is 10.6. The molecule has 1 unspecified atom stereocenters. The minimum absolute atomic E-state index is 0.0821. The number of rotatable bonds is 2. The fourth-order valence-corrected chi connectivity index (χ4v) is 3.23. The van der Waals surface area contributed by atoms with Crippen molar-refractivity contribution in [2.24, 2.45) is 11.7 Å². The van der Waals surface area contributed by atoms with Crippen LogP contribution >= 0.6 is 15.9 Å². The second kappa shape index (κ2) is 5.40. The Hall–Kier alpha value is -0.540. The van der Waals surface area contributed by atoms with Crippen molar-refractivity contribution in [3.63, 3.8) is 0 Å². The Labute approximate surface area is 112 Å². The molecule has 1 heterocycles. The highest BCUT2D eigenvalue weighted by Gasteiger charge is 2.17. The summed E-state index contributed by atoms with van der Waals surface area (Å²) in [6, 6.07) is 6.63. The van der Waals surface area contributed by atoms with Crippen LogP contribution in [0.15, 0.2) is 22.7 Å². The second-order valence-electron chi connectivity index (χ2n) is 5.19. The molecule has 17 heavy (non-hydrogen) atoms. The number of benzene rings is 1. The van der Waals surface area contributed by atoms with Crippen LogP contribution in [0.25, 0.3) is 0 Å². The zero-order chi connectivity index (χ0) is 12.4. The molecule has 2 rings (SSSR count). The van der Waals surface area contributed by atoms with Crippen molar-refractivity contribution in [1.29, 1.82) is 0 Å². The van der Waals surface area contributed by atoms with Gasteiger partial charge in [0.1, 0.15) is 0 Å². The molecule has 1 aromatic rings. The van der Waals surface area contributed by atoms with Gasteiger partial charge >= 0.3 is 0 Å². The van der Waals surface area contributed by atoms with Gasteiger partial charge in [-0.15, -0.1) is 0 Å². The van der Waals surface area contributed by atoms with Gasteiger partial charge < -0.3 is 10.6 Å². The van der Waals surface area contributed by atoms with Crippen LogP contribution in [0.2, 0.25) is 0 Å². The molecule has 0 radical (unpaired) electrons. The lowest BCUT2D eigenvalue weighted by molar-refractivity contribution is 0.447. The third-order valence-corrected chi connectivity index (χ3v) is 4.18. The third-order valence-electron chi connectivity index (χ3n) is 3.50. The van der Waals surface area contributed by atoms with Crippen LogP contribution in [-0.2, 0) is 0 Å². The Balaban J connectivity index is 2.19. The van der Waals surface area contributed by atoms with Crippen LogP contribution in [0.3, 0.4) is 0 Å². The topological polar surface area (TPSA) is 29.3 Å². The molecule has 0 aliphatic carbocycles. The molecule has 94 valence electrons. The lowest BCUT2D eigenvalue weighted by Gasteiger charge is -2.33. The number of halogens is 1. The fraction of sp³-hybridized carbons (Fsp3) is 0.571. The first-order valence-corrected chi connectivity index (χ1v) is 7.17. The standard InChI is InChI=1S/C14H21BrN2/c1-10-4-3-7-17(9-10)12-5-6-13(11(2)16)14(15)8-12/h5-6,8,10-11H,3-4,7,9,16H2,1-2H3/t10?,11-/m1/s1. The van der Waals surface area contributed by atoms with E-state index >= 15 is 0 Å². The first kappa shape index (κ1) is 12.9. The summed E-state index contributed by atoms with van der Waals surface area (Å²) in [6.07, 6.45) is 2.66. The van der Waals surface area contributed by atoms with Crippen molar-refractivity contribution in [2.45, 2.75) is 32.7 Å². The number of hydrogen-bond acceptors (Lipinski definition) is 2. The average Bonchev–Trinajstić information content (AvgIpc) is 2.28. The largest absolute Gasteiger partial charge is 0.371 e. The van der Waals surface area contributed by atoms with Gasteiger partial charge in [-0.05, 0) is 43.4 Å². The molecule has 2 atom stereocenters. The molecule has 3 heteroatoms. The van der Waals surface area contributed by atoms with Gasteiger partial charge in [0.15, 0.2) is 0 Å². The molecule has 0 amide bonds. The normalized spacial score (nSPS) is 22.6. The Morgan fingerprint density at radius 2 is 2.24 bits per heavy atom. The monoisotopic (exact) mass is 296 g/mol. The molecular weight excluding hydrogens is 276 g/mol. The molecule has 0 saturated carbocycles. The smallest absolute Gasteiger partial charge is 0.0377 e. The van der Waals surface area contributed by atoms with Gasteiger partial charge in [-0.25, -0.2) is 0 Å². The van der Waals surface area contributed by atoms with Crippen molar-refractivity contribution < 1.29 is 0 Å². The molecule has 0 spiro atoms. The predicted molar refractivity (Wildman–Crippen MR) is 77.4 cm³/mol. The van der Waals surface area contributed by atoms with E-state index in [2.05, 4.69) is 46.0 Å². The highest BCUT2D eigenvalue weighted by molar-refractivity contribution is 9.10. The lowest BCUT2D eigenvalue weighted by Crippen LogP contribution is -2.34.